The molecule has 1 aromatic heterocycles. The van der Waals surface area contributed by atoms with Crippen LogP contribution < -0.4 is 5.32 Å². The van der Waals surface area contributed by atoms with E-state index in [9.17, 15) is 5.11 Å². The molecule has 5 nitrogen and oxygen atoms in total. The van der Waals surface area contributed by atoms with Crippen LogP contribution in [0.4, 0.5) is 0 Å². The van der Waals surface area contributed by atoms with Crippen LogP contribution in [0.25, 0.3) is 0 Å². The molecular weight excluding hydrogens is 278 g/mol. The van der Waals surface area contributed by atoms with E-state index in [1.807, 2.05) is 11.6 Å². The lowest BCUT2D eigenvalue weighted by Gasteiger charge is -2.37. The molecule has 126 valence electrons. The molecule has 1 heterocycles. The average molecular weight is 309 g/mol. The average Bonchev–Trinajstić information content (AvgIpc) is 2.76. The van der Waals surface area contributed by atoms with Crippen molar-refractivity contribution in [3.05, 3.63) is 17.0 Å². The van der Waals surface area contributed by atoms with Gasteiger partial charge in [0, 0.05) is 31.0 Å². The summed E-state index contributed by atoms with van der Waals surface area (Å²) in [5, 5.41) is 26.6. The van der Waals surface area contributed by atoms with Crippen molar-refractivity contribution in [2.45, 2.75) is 65.5 Å². The zero-order valence-electron chi connectivity index (χ0n) is 14.1. The molecule has 1 saturated carbocycles. The van der Waals surface area contributed by atoms with Crippen molar-refractivity contribution in [2.24, 2.45) is 5.41 Å². The molecule has 5 heteroatoms. The maximum absolute atomic E-state index is 9.39. The summed E-state index contributed by atoms with van der Waals surface area (Å²) in [6.45, 7) is 6.84. The van der Waals surface area contributed by atoms with Crippen LogP contribution in [0.2, 0.25) is 0 Å². The first kappa shape index (κ1) is 17.4. The van der Waals surface area contributed by atoms with Crippen molar-refractivity contribution in [2.75, 3.05) is 19.8 Å². The number of aromatic nitrogens is 2. The quantitative estimate of drug-likeness (QED) is 0.686. The van der Waals surface area contributed by atoms with E-state index >= 15 is 0 Å². The Bertz CT molecular complexity index is 459. The van der Waals surface area contributed by atoms with E-state index in [0.29, 0.717) is 6.54 Å². The zero-order valence-corrected chi connectivity index (χ0v) is 14.1. The molecule has 0 atom stereocenters. The topological polar surface area (TPSA) is 70.3 Å². The molecular formula is C17H31N3O2. The monoisotopic (exact) mass is 309 g/mol. The summed E-state index contributed by atoms with van der Waals surface area (Å²) in [7, 11) is 0. The molecule has 0 saturated heterocycles. The van der Waals surface area contributed by atoms with Gasteiger partial charge in [-0.15, -0.1) is 0 Å². The summed E-state index contributed by atoms with van der Waals surface area (Å²) in [5.74, 6) is 0. The predicted molar refractivity (Wildman–Crippen MR) is 87.7 cm³/mol. The second-order valence-electron chi connectivity index (χ2n) is 6.73. The van der Waals surface area contributed by atoms with Crippen LogP contribution in [-0.2, 0) is 13.1 Å². The van der Waals surface area contributed by atoms with Gasteiger partial charge >= 0.3 is 0 Å². The first-order chi connectivity index (χ1) is 10.6. The number of nitrogens with zero attached hydrogens (tertiary/aromatic N) is 2. The summed E-state index contributed by atoms with van der Waals surface area (Å²) in [4.78, 5) is 0. The SMILES string of the molecule is Cc1nn(CCO)c(C)c1CNCC1(CCO)CCCCC1. The first-order valence-corrected chi connectivity index (χ1v) is 8.57. The number of aliphatic hydroxyl groups excluding tert-OH is 2. The van der Waals surface area contributed by atoms with Gasteiger partial charge in [-0.05, 0) is 38.5 Å². The lowest BCUT2D eigenvalue weighted by Crippen LogP contribution is -2.36. The smallest absolute Gasteiger partial charge is 0.0644 e. The number of nitrogens with one attached hydrogen (secondary N) is 1. The second kappa shape index (κ2) is 8.09. The Morgan fingerprint density at radius 2 is 1.86 bits per heavy atom. The zero-order chi connectivity index (χ0) is 16.0. The van der Waals surface area contributed by atoms with Crippen molar-refractivity contribution in [3.8, 4) is 0 Å². The summed E-state index contributed by atoms with van der Waals surface area (Å²) >= 11 is 0. The molecule has 0 spiro atoms. The van der Waals surface area contributed by atoms with Crippen molar-refractivity contribution >= 4 is 0 Å². The number of aryl methyl sites for hydroxylation is 1. The maximum atomic E-state index is 9.39. The van der Waals surface area contributed by atoms with Crippen LogP contribution in [-0.4, -0.2) is 39.8 Å². The van der Waals surface area contributed by atoms with Crippen LogP contribution in [0.15, 0.2) is 0 Å². The highest BCUT2D eigenvalue weighted by Gasteiger charge is 2.31. The van der Waals surface area contributed by atoms with Crippen molar-refractivity contribution in [3.63, 3.8) is 0 Å². The Morgan fingerprint density at radius 1 is 1.14 bits per heavy atom. The van der Waals surface area contributed by atoms with Gasteiger partial charge in [0.05, 0.1) is 18.8 Å². The van der Waals surface area contributed by atoms with E-state index < -0.39 is 0 Å². The number of rotatable bonds is 8. The number of hydrogen-bond donors (Lipinski definition) is 3. The molecule has 1 aliphatic carbocycles. The van der Waals surface area contributed by atoms with E-state index in [2.05, 4.69) is 17.3 Å². The molecule has 0 unspecified atom stereocenters. The highest BCUT2D eigenvalue weighted by Crippen LogP contribution is 2.38. The van der Waals surface area contributed by atoms with Crippen LogP contribution in [0.5, 0.6) is 0 Å². The minimum Gasteiger partial charge on any atom is -0.396 e. The van der Waals surface area contributed by atoms with Crippen LogP contribution >= 0.6 is 0 Å². The van der Waals surface area contributed by atoms with Gasteiger partial charge in [-0.2, -0.15) is 5.10 Å². The fraction of sp³-hybridized carbons (Fsp3) is 0.824. The minimum atomic E-state index is 0.119. The second-order valence-corrected chi connectivity index (χ2v) is 6.73. The van der Waals surface area contributed by atoms with Crippen molar-refractivity contribution in [1.29, 1.82) is 0 Å². The summed E-state index contributed by atoms with van der Waals surface area (Å²) < 4.78 is 1.89. The highest BCUT2D eigenvalue weighted by molar-refractivity contribution is 5.24. The van der Waals surface area contributed by atoms with E-state index in [1.165, 1.54) is 37.7 Å². The predicted octanol–water partition coefficient (Wildman–Crippen LogP) is 1.91. The number of hydrogen-bond acceptors (Lipinski definition) is 4. The van der Waals surface area contributed by atoms with Crippen LogP contribution in [0, 0.1) is 19.3 Å². The molecule has 0 radical (unpaired) electrons. The Balaban J connectivity index is 1.94. The van der Waals surface area contributed by atoms with Gasteiger partial charge in [-0.3, -0.25) is 4.68 Å². The fourth-order valence-electron chi connectivity index (χ4n) is 3.81. The standard InChI is InChI=1S/C17H31N3O2/c1-14-16(15(2)20(19-14)9-11-22)12-18-13-17(8-10-21)6-4-3-5-7-17/h18,21-22H,3-13H2,1-2H3. The summed E-state index contributed by atoms with van der Waals surface area (Å²) in [5.41, 5.74) is 3.69. The lowest BCUT2D eigenvalue weighted by atomic mass is 9.72. The summed E-state index contributed by atoms with van der Waals surface area (Å²) in [6.07, 6.45) is 7.26. The minimum absolute atomic E-state index is 0.119. The normalized spacial score (nSPS) is 17.8. The largest absolute Gasteiger partial charge is 0.396 e. The van der Waals surface area contributed by atoms with E-state index in [4.69, 9.17) is 5.11 Å². The molecule has 0 aromatic carbocycles. The van der Waals surface area contributed by atoms with Gasteiger partial charge in [-0.1, -0.05) is 19.3 Å². The van der Waals surface area contributed by atoms with E-state index in [-0.39, 0.29) is 18.6 Å². The first-order valence-electron chi connectivity index (χ1n) is 8.57. The Hall–Kier alpha value is -0.910. The van der Waals surface area contributed by atoms with Crippen LogP contribution in [0.1, 0.15) is 55.5 Å². The highest BCUT2D eigenvalue weighted by atomic mass is 16.3. The third-order valence-electron chi connectivity index (χ3n) is 5.20. The van der Waals surface area contributed by atoms with Crippen molar-refractivity contribution in [1.82, 2.24) is 15.1 Å². The van der Waals surface area contributed by atoms with Gasteiger partial charge < -0.3 is 15.5 Å². The van der Waals surface area contributed by atoms with Crippen LogP contribution in [0.3, 0.4) is 0 Å². The van der Waals surface area contributed by atoms with Crippen molar-refractivity contribution < 1.29 is 10.2 Å². The molecule has 22 heavy (non-hydrogen) atoms. The van der Waals surface area contributed by atoms with Gasteiger partial charge in [0.15, 0.2) is 0 Å². The van der Waals surface area contributed by atoms with E-state index in [0.717, 1.165) is 30.9 Å². The van der Waals surface area contributed by atoms with E-state index in [1.54, 1.807) is 0 Å². The maximum Gasteiger partial charge on any atom is 0.0644 e. The Kier molecular flexibility index (Phi) is 6.41. The molecule has 1 aromatic rings. The van der Waals surface area contributed by atoms with Gasteiger partial charge in [-0.25, -0.2) is 0 Å². The Labute approximate surface area is 133 Å². The molecule has 1 fully saturated rings. The van der Waals surface area contributed by atoms with Gasteiger partial charge in [0.1, 0.15) is 0 Å². The molecule has 1 aliphatic rings. The fourth-order valence-corrected chi connectivity index (χ4v) is 3.81. The van der Waals surface area contributed by atoms with Gasteiger partial charge in [0.25, 0.3) is 0 Å². The lowest BCUT2D eigenvalue weighted by molar-refractivity contribution is 0.126. The molecule has 0 bridgehead atoms. The van der Waals surface area contributed by atoms with Gasteiger partial charge in [0.2, 0.25) is 0 Å². The molecule has 3 N–H and O–H groups in total. The molecule has 0 aliphatic heterocycles. The summed E-state index contributed by atoms with van der Waals surface area (Å²) in [6, 6.07) is 0. The third-order valence-corrected chi connectivity index (χ3v) is 5.20. The number of aliphatic hydroxyl groups is 2. The molecule has 0 amide bonds. The third kappa shape index (κ3) is 4.09. The Morgan fingerprint density at radius 3 is 2.50 bits per heavy atom. The molecule has 2 rings (SSSR count).